The van der Waals surface area contributed by atoms with Crippen LogP contribution in [-0.4, -0.2) is 0 Å². The minimum atomic E-state index is 1.03. The zero-order chi connectivity index (χ0) is 12.6. The molecular formula is C12H5Br5. The van der Waals surface area contributed by atoms with Gasteiger partial charge in [-0.05, 0) is 24.3 Å². The van der Waals surface area contributed by atoms with Crippen LogP contribution in [0.1, 0.15) is 0 Å². The van der Waals surface area contributed by atoms with Gasteiger partial charge >= 0.3 is 0 Å². The predicted molar refractivity (Wildman–Crippen MR) is 90.4 cm³/mol. The molecule has 0 aliphatic heterocycles. The maximum absolute atomic E-state index is 3.60. The molecule has 0 nitrogen and oxygen atoms in total. The zero-order valence-electron chi connectivity index (χ0n) is 8.28. The number of benzene rings is 2. The SMILES string of the molecule is Brc1cc(Br)c(-c2c(Br)cccc2Br)c(Br)c1. The van der Waals surface area contributed by atoms with Crippen molar-refractivity contribution in [1.29, 1.82) is 0 Å². The summed E-state index contributed by atoms with van der Waals surface area (Å²) < 4.78 is 5.20. The van der Waals surface area contributed by atoms with Crippen molar-refractivity contribution in [2.75, 3.05) is 0 Å². The molecule has 0 N–H and O–H groups in total. The second-order valence-corrected chi connectivity index (χ2v) is 7.67. The van der Waals surface area contributed by atoms with Gasteiger partial charge in [-0.25, -0.2) is 0 Å². The van der Waals surface area contributed by atoms with Crippen LogP contribution in [0.2, 0.25) is 0 Å². The molecular weight excluding hydrogens is 544 g/mol. The average Bonchev–Trinajstić information content (AvgIpc) is 2.21. The van der Waals surface area contributed by atoms with Crippen LogP contribution in [0.15, 0.2) is 52.7 Å². The van der Waals surface area contributed by atoms with Gasteiger partial charge in [-0.3, -0.25) is 0 Å². The van der Waals surface area contributed by atoms with Crippen molar-refractivity contribution in [2.24, 2.45) is 0 Å². The Bertz CT molecular complexity index is 534. The van der Waals surface area contributed by atoms with E-state index in [9.17, 15) is 0 Å². The largest absolute Gasteiger partial charge is 0.0600 e. The Labute approximate surface area is 142 Å². The Kier molecular flexibility index (Phi) is 4.92. The fraction of sp³-hybridized carbons (Fsp3) is 0. The fourth-order valence-corrected chi connectivity index (χ4v) is 5.57. The number of halogens is 5. The van der Waals surface area contributed by atoms with E-state index in [-0.39, 0.29) is 0 Å². The van der Waals surface area contributed by atoms with Gasteiger partial charge in [0.1, 0.15) is 0 Å². The molecule has 2 rings (SSSR count). The van der Waals surface area contributed by atoms with Gasteiger partial charge in [0.25, 0.3) is 0 Å². The van der Waals surface area contributed by atoms with E-state index in [0.29, 0.717) is 0 Å². The van der Waals surface area contributed by atoms with Crippen molar-refractivity contribution in [3.63, 3.8) is 0 Å². The lowest BCUT2D eigenvalue weighted by Gasteiger charge is -2.12. The predicted octanol–water partition coefficient (Wildman–Crippen LogP) is 7.17. The maximum atomic E-state index is 3.60. The second kappa shape index (κ2) is 5.87. The van der Waals surface area contributed by atoms with Crippen LogP contribution in [0.4, 0.5) is 0 Å². The van der Waals surface area contributed by atoms with E-state index >= 15 is 0 Å². The molecule has 0 aliphatic carbocycles. The van der Waals surface area contributed by atoms with Crippen LogP contribution in [0, 0.1) is 0 Å². The van der Waals surface area contributed by atoms with E-state index < -0.39 is 0 Å². The lowest BCUT2D eigenvalue weighted by Crippen LogP contribution is -1.86. The summed E-state index contributed by atoms with van der Waals surface area (Å²) in [5.41, 5.74) is 2.24. The smallest absolute Gasteiger partial charge is 0.0277 e. The summed E-state index contributed by atoms with van der Waals surface area (Å²) in [6.45, 7) is 0. The highest BCUT2D eigenvalue weighted by Crippen LogP contribution is 2.43. The Balaban J connectivity index is 2.77. The average molecular weight is 549 g/mol. The van der Waals surface area contributed by atoms with Crippen molar-refractivity contribution < 1.29 is 0 Å². The lowest BCUT2D eigenvalue weighted by atomic mass is 10.1. The quantitative estimate of drug-likeness (QED) is 0.355. The lowest BCUT2D eigenvalue weighted by molar-refractivity contribution is 1.49. The van der Waals surface area contributed by atoms with E-state index in [1.807, 2.05) is 30.3 Å². The van der Waals surface area contributed by atoms with E-state index in [1.165, 1.54) is 0 Å². The fourth-order valence-electron chi connectivity index (χ4n) is 1.52. The van der Waals surface area contributed by atoms with E-state index in [1.54, 1.807) is 0 Å². The van der Waals surface area contributed by atoms with Crippen molar-refractivity contribution in [3.05, 3.63) is 52.7 Å². The van der Waals surface area contributed by atoms with Crippen molar-refractivity contribution in [2.45, 2.75) is 0 Å². The Morgan fingerprint density at radius 3 is 1.47 bits per heavy atom. The summed E-state index contributed by atoms with van der Waals surface area (Å²) in [5.74, 6) is 0. The number of hydrogen-bond donors (Lipinski definition) is 0. The first-order valence-corrected chi connectivity index (χ1v) is 8.56. The summed E-state index contributed by atoms with van der Waals surface area (Å²) >= 11 is 17.9. The van der Waals surface area contributed by atoms with Gasteiger partial charge in [0, 0.05) is 33.5 Å². The highest BCUT2D eigenvalue weighted by molar-refractivity contribution is 9.12. The minimum Gasteiger partial charge on any atom is -0.0600 e. The third-order valence-electron chi connectivity index (χ3n) is 2.22. The van der Waals surface area contributed by atoms with E-state index in [2.05, 4.69) is 79.6 Å². The molecule has 0 aromatic heterocycles. The molecule has 0 radical (unpaired) electrons. The molecule has 5 heteroatoms. The summed E-state index contributed by atoms with van der Waals surface area (Å²) in [6.07, 6.45) is 0. The van der Waals surface area contributed by atoms with Gasteiger partial charge in [-0.1, -0.05) is 85.7 Å². The molecule has 0 saturated heterocycles. The molecule has 0 unspecified atom stereocenters. The first-order chi connectivity index (χ1) is 8.00. The third kappa shape index (κ3) is 3.06. The summed E-state index contributed by atoms with van der Waals surface area (Å²) in [5, 5.41) is 0. The minimum absolute atomic E-state index is 1.03. The van der Waals surface area contributed by atoms with Crippen LogP contribution in [0.5, 0.6) is 0 Å². The Morgan fingerprint density at radius 1 is 0.588 bits per heavy atom. The molecule has 0 atom stereocenters. The summed E-state index contributed by atoms with van der Waals surface area (Å²) in [7, 11) is 0. The normalized spacial score (nSPS) is 10.6. The number of hydrogen-bond acceptors (Lipinski definition) is 0. The van der Waals surface area contributed by atoms with E-state index in [4.69, 9.17) is 0 Å². The molecule has 0 bridgehead atoms. The molecule has 88 valence electrons. The van der Waals surface area contributed by atoms with Gasteiger partial charge < -0.3 is 0 Å². The van der Waals surface area contributed by atoms with Crippen molar-refractivity contribution in [3.8, 4) is 11.1 Å². The topological polar surface area (TPSA) is 0 Å². The molecule has 0 aliphatic rings. The van der Waals surface area contributed by atoms with E-state index in [0.717, 1.165) is 33.5 Å². The van der Waals surface area contributed by atoms with Crippen LogP contribution >= 0.6 is 79.6 Å². The maximum Gasteiger partial charge on any atom is 0.0277 e. The number of rotatable bonds is 1. The zero-order valence-corrected chi connectivity index (χ0v) is 16.2. The van der Waals surface area contributed by atoms with Crippen molar-refractivity contribution in [1.82, 2.24) is 0 Å². The molecule has 2 aromatic rings. The highest BCUT2D eigenvalue weighted by atomic mass is 79.9. The molecule has 0 saturated carbocycles. The summed E-state index contributed by atoms with van der Waals surface area (Å²) in [4.78, 5) is 0. The third-order valence-corrected chi connectivity index (χ3v) is 5.25. The molecule has 17 heavy (non-hydrogen) atoms. The van der Waals surface area contributed by atoms with Gasteiger partial charge in [0.2, 0.25) is 0 Å². The van der Waals surface area contributed by atoms with Gasteiger partial charge in [-0.15, -0.1) is 0 Å². The van der Waals surface area contributed by atoms with Gasteiger partial charge in [-0.2, -0.15) is 0 Å². The first-order valence-electron chi connectivity index (χ1n) is 4.59. The van der Waals surface area contributed by atoms with Crippen LogP contribution < -0.4 is 0 Å². The van der Waals surface area contributed by atoms with Crippen LogP contribution in [0.25, 0.3) is 11.1 Å². The van der Waals surface area contributed by atoms with Gasteiger partial charge in [0.15, 0.2) is 0 Å². The molecule has 0 spiro atoms. The molecule has 2 aromatic carbocycles. The van der Waals surface area contributed by atoms with Crippen LogP contribution in [-0.2, 0) is 0 Å². The second-order valence-electron chi connectivity index (χ2n) is 3.34. The first kappa shape index (κ1) is 14.3. The summed E-state index contributed by atoms with van der Waals surface area (Å²) in [6, 6.07) is 10.1. The standard InChI is InChI=1S/C12H5Br5/c13-6-4-9(16)12(10(17)5-6)11-7(14)2-1-3-8(11)15/h1-5H. The Hall–Kier alpha value is 0.840. The van der Waals surface area contributed by atoms with Crippen molar-refractivity contribution >= 4 is 79.6 Å². The molecule has 0 heterocycles. The molecule has 0 fully saturated rings. The van der Waals surface area contributed by atoms with Gasteiger partial charge in [0.05, 0.1) is 0 Å². The highest BCUT2D eigenvalue weighted by Gasteiger charge is 2.14. The Morgan fingerprint density at radius 2 is 1.00 bits per heavy atom. The monoisotopic (exact) mass is 544 g/mol. The van der Waals surface area contributed by atoms with Crippen LogP contribution in [0.3, 0.4) is 0 Å². The molecule has 0 amide bonds.